The highest BCUT2D eigenvalue weighted by molar-refractivity contribution is 7.99. The highest BCUT2D eigenvalue weighted by Crippen LogP contribution is 2.39. The van der Waals surface area contributed by atoms with Gasteiger partial charge in [-0.3, -0.25) is 4.90 Å². The minimum absolute atomic E-state index is 0.318. The Labute approximate surface area is 111 Å². The molecule has 2 aliphatic heterocycles. The Balaban J connectivity index is 2.12. The summed E-state index contributed by atoms with van der Waals surface area (Å²) in [6, 6.07) is 1.67. The van der Waals surface area contributed by atoms with E-state index in [1.165, 1.54) is 43.7 Å². The van der Waals surface area contributed by atoms with Crippen LogP contribution >= 0.6 is 11.8 Å². The van der Waals surface area contributed by atoms with Crippen LogP contribution in [0.15, 0.2) is 0 Å². The van der Waals surface area contributed by atoms with Crippen LogP contribution in [0.5, 0.6) is 0 Å². The molecule has 2 aliphatic rings. The molecule has 0 amide bonds. The van der Waals surface area contributed by atoms with Crippen LogP contribution in [0.2, 0.25) is 0 Å². The maximum Gasteiger partial charge on any atom is 0.0247 e. The van der Waals surface area contributed by atoms with Gasteiger partial charge in [-0.25, -0.2) is 0 Å². The lowest BCUT2D eigenvalue weighted by Crippen LogP contribution is -2.59. The quantitative estimate of drug-likeness (QED) is 0.824. The number of likely N-dealkylation sites (tertiary alicyclic amines) is 1. The summed E-state index contributed by atoms with van der Waals surface area (Å²) in [6.45, 7) is 8.35. The molecule has 2 nitrogen and oxygen atoms in total. The molecule has 2 heterocycles. The lowest BCUT2D eigenvalue weighted by molar-refractivity contribution is 0.0267. The van der Waals surface area contributed by atoms with Crippen molar-refractivity contribution in [3.8, 4) is 0 Å². The second-order valence-electron chi connectivity index (χ2n) is 6.49. The van der Waals surface area contributed by atoms with Crippen molar-refractivity contribution in [3.05, 3.63) is 0 Å². The summed E-state index contributed by atoms with van der Waals surface area (Å²) in [5, 5.41) is 0. The van der Waals surface area contributed by atoms with Gasteiger partial charge in [0.15, 0.2) is 0 Å². The topological polar surface area (TPSA) is 29.3 Å². The van der Waals surface area contributed by atoms with Crippen molar-refractivity contribution < 1.29 is 0 Å². The van der Waals surface area contributed by atoms with Gasteiger partial charge in [0.05, 0.1) is 0 Å². The first-order chi connectivity index (χ1) is 8.02. The lowest BCUT2D eigenvalue weighted by Gasteiger charge is -2.50. The molecule has 0 aliphatic carbocycles. The van der Waals surface area contributed by atoms with Gasteiger partial charge in [0.25, 0.3) is 0 Å². The predicted molar refractivity (Wildman–Crippen MR) is 77.5 cm³/mol. The number of thioether (sulfide) groups is 1. The molecule has 3 unspecified atom stereocenters. The molecule has 0 saturated carbocycles. The molecule has 3 atom stereocenters. The third-order valence-electron chi connectivity index (χ3n) is 4.67. The van der Waals surface area contributed by atoms with Crippen molar-refractivity contribution in [3.63, 3.8) is 0 Å². The van der Waals surface area contributed by atoms with Crippen LogP contribution in [0.3, 0.4) is 0 Å². The van der Waals surface area contributed by atoms with E-state index in [2.05, 4.69) is 37.4 Å². The van der Waals surface area contributed by atoms with Gasteiger partial charge in [-0.1, -0.05) is 20.3 Å². The highest BCUT2D eigenvalue weighted by Gasteiger charge is 2.40. The molecule has 0 aromatic rings. The Kier molecular flexibility index (Phi) is 4.43. The van der Waals surface area contributed by atoms with Gasteiger partial charge >= 0.3 is 0 Å². The van der Waals surface area contributed by atoms with E-state index in [1.54, 1.807) is 0 Å². The molecule has 0 aromatic heterocycles. The monoisotopic (exact) mass is 256 g/mol. The Morgan fingerprint density at radius 3 is 2.76 bits per heavy atom. The van der Waals surface area contributed by atoms with E-state index in [9.17, 15) is 0 Å². The lowest BCUT2D eigenvalue weighted by atomic mass is 9.79. The average Bonchev–Trinajstić information content (AvgIpc) is 2.28. The number of nitrogens with zero attached hydrogens (tertiary/aromatic N) is 1. The van der Waals surface area contributed by atoms with Crippen molar-refractivity contribution in [2.24, 2.45) is 11.1 Å². The number of hydrogen-bond donors (Lipinski definition) is 1. The summed E-state index contributed by atoms with van der Waals surface area (Å²) in [7, 11) is 0. The van der Waals surface area contributed by atoms with E-state index < -0.39 is 0 Å². The van der Waals surface area contributed by atoms with Crippen LogP contribution in [0, 0.1) is 5.41 Å². The molecular weight excluding hydrogens is 228 g/mol. The molecule has 2 N–H and O–H groups in total. The zero-order valence-electron chi connectivity index (χ0n) is 11.6. The molecular formula is C14H28N2S. The zero-order chi connectivity index (χ0) is 12.5. The van der Waals surface area contributed by atoms with Gasteiger partial charge in [0.1, 0.15) is 0 Å². The van der Waals surface area contributed by atoms with E-state index in [1.807, 2.05) is 0 Å². The summed E-state index contributed by atoms with van der Waals surface area (Å²) in [5.74, 6) is 2.64. The Bertz CT molecular complexity index is 253. The molecule has 0 aromatic carbocycles. The van der Waals surface area contributed by atoms with E-state index in [0.717, 1.165) is 6.04 Å². The summed E-state index contributed by atoms with van der Waals surface area (Å²) in [6.07, 6.45) is 5.38. The first-order valence-electron chi connectivity index (χ1n) is 7.11. The zero-order valence-corrected chi connectivity index (χ0v) is 12.4. The maximum absolute atomic E-state index is 6.20. The third kappa shape index (κ3) is 2.99. The van der Waals surface area contributed by atoms with E-state index in [4.69, 9.17) is 5.73 Å². The van der Waals surface area contributed by atoms with Gasteiger partial charge in [0.2, 0.25) is 0 Å². The van der Waals surface area contributed by atoms with Crippen molar-refractivity contribution >= 4 is 11.8 Å². The number of piperidine rings is 1. The van der Waals surface area contributed by atoms with Gasteiger partial charge in [-0.15, -0.1) is 0 Å². The molecule has 3 heteroatoms. The summed E-state index contributed by atoms with van der Waals surface area (Å²) < 4.78 is 0. The van der Waals surface area contributed by atoms with Crippen LogP contribution in [-0.4, -0.2) is 41.1 Å². The second kappa shape index (κ2) is 5.50. The SMILES string of the molecule is CC(N)C1CCCCN1C1CSCCC1(C)C. The molecule has 17 heavy (non-hydrogen) atoms. The standard InChI is InChI=1S/C14H28N2S/c1-11(15)12-6-4-5-8-16(12)13-10-17-9-7-14(13,2)3/h11-13H,4-10,15H2,1-3H3. The molecule has 2 saturated heterocycles. The van der Waals surface area contributed by atoms with E-state index in [-0.39, 0.29) is 0 Å². The number of rotatable bonds is 2. The van der Waals surface area contributed by atoms with Crippen molar-refractivity contribution in [2.75, 3.05) is 18.1 Å². The molecule has 2 fully saturated rings. The molecule has 2 rings (SSSR count). The van der Waals surface area contributed by atoms with Crippen molar-refractivity contribution in [2.45, 2.75) is 64.6 Å². The third-order valence-corrected chi connectivity index (χ3v) is 5.71. The van der Waals surface area contributed by atoms with Crippen LogP contribution in [-0.2, 0) is 0 Å². The number of hydrogen-bond acceptors (Lipinski definition) is 3. The molecule has 0 radical (unpaired) electrons. The summed E-state index contributed by atoms with van der Waals surface area (Å²) >= 11 is 2.13. The summed E-state index contributed by atoms with van der Waals surface area (Å²) in [4.78, 5) is 2.75. The second-order valence-corrected chi connectivity index (χ2v) is 7.64. The van der Waals surface area contributed by atoms with Crippen LogP contribution < -0.4 is 5.73 Å². The van der Waals surface area contributed by atoms with Crippen LogP contribution in [0.4, 0.5) is 0 Å². The predicted octanol–water partition coefficient (Wildman–Crippen LogP) is 2.72. The fourth-order valence-electron chi connectivity index (χ4n) is 3.40. The molecule has 0 spiro atoms. The smallest absolute Gasteiger partial charge is 0.0247 e. The molecule has 0 bridgehead atoms. The van der Waals surface area contributed by atoms with Gasteiger partial charge in [0, 0.05) is 23.9 Å². The fraction of sp³-hybridized carbons (Fsp3) is 1.00. The van der Waals surface area contributed by atoms with E-state index >= 15 is 0 Å². The van der Waals surface area contributed by atoms with Gasteiger partial charge < -0.3 is 5.73 Å². The minimum Gasteiger partial charge on any atom is -0.327 e. The minimum atomic E-state index is 0.318. The first-order valence-corrected chi connectivity index (χ1v) is 8.27. The van der Waals surface area contributed by atoms with Crippen LogP contribution in [0.25, 0.3) is 0 Å². The normalized spacial score (nSPS) is 36.7. The first kappa shape index (κ1) is 13.7. The van der Waals surface area contributed by atoms with Gasteiger partial charge in [-0.2, -0.15) is 11.8 Å². The summed E-state index contributed by atoms with van der Waals surface area (Å²) in [5.41, 5.74) is 6.67. The Morgan fingerprint density at radius 1 is 1.35 bits per heavy atom. The number of nitrogens with two attached hydrogens (primary N) is 1. The van der Waals surface area contributed by atoms with Crippen LogP contribution in [0.1, 0.15) is 46.5 Å². The van der Waals surface area contributed by atoms with E-state index in [0.29, 0.717) is 17.5 Å². The Hall–Kier alpha value is 0.270. The van der Waals surface area contributed by atoms with Crippen molar-refractivity contribution in [1.29, 1.82) is 0 Å². The highest BCUT2D eigenvalue weighted by atomic mass is 32.2. The largest absolute Gasteiger partial charge is 0.327 e. The average molecular weight is 256 g/mol. The Morgan fingerprint density at radius 2 is 2.12 bits per heavy atom. The van der Waals surface area contributed by atoms with Crippen molar-refractivity contribution in [1.82, 2.24) is 4.90 Å². The molecule has 100 valence electrons. The fourth-order valence-corrected chi connectivity index (χ4v) is 5.10. The maximum atomic E-state index is 6.20. The van der Waals surface area contributed by atoms with Gasteiger partial charge in [-0.05, 0) is 43.9 Å².